The van der Waals surface area contributed by atoms with Gasteiger partial charge in [-0.25, -0.2) is 0 Å². The molecule has 1 saturated heterocycles. The van der Waals surface area contributed by atoms with Gasteiger partial charge in [-0.2, -0.15) is 18.4 Å². The maximum absolute atomic E-state index is 12.3. The number of rotatable bonds is 5. The van der Waals surface area contributed by atoms with E-state index in [0.29, 0.717) is 19.7 Å². The Morgan fingerprint density at radius 1 is 1.50 bits per heavy atom. The number of nitrogens with zero attached hydrogens (tertiary/aromatic N) is 3. The van der Waals surface area contributed by atoms with Gasteiger partial charge in [-0.1, -0.05) is 0 Å². The predicted molar refractivity (Wildman–Crippen MR) is 64.7 cm³/mol. The van der Waals surface area contributed by atoms with E-state index in [4.69, 9.17) is 10.00 Å². The van der Waals surface area contributed by atoms with Gasteiger partial charge in [0.2, 0.25) is 0 Å². The number of hydrogen-bond donors (Lipinski definition) is 0. The summed E-state index contributed by atoms with van der Waals surface area (Å²) in [5.41, 5.74) is 0. The van der Waals surface area contributed by atoms with E-state index in [1.807, 2.05) is 18.0 Å². The Bertz CT molecular complexity index is 368. The first-order valence-electron chi connectivity index (χ1n) is 6.36. The zero-order valence-corrected chi connectivity index (χ0v) is 11.3. The van der Waals surface area contributed by atoms with E-state index in [-0.39, 0.29) is 13.0 Å². The maximum atomic E-state index is 12.3. The van der Waals surface area contributed by atoms with Crippen molar-refractivity contribution in [2.45, 2.75) is 25.1 Å². The molecule has 1 fully saturated rings. The summed E-state index contributed by atoms with van der Waals surface area (Å²) in [5, 5.41) is 8.53. The van der Waals surface area contributed by atoms with E-state index in [1.54, 1.807) is 0 Å². The molecule has 1 aliphatic rings. The molecular formula is C12H18F3N3O2. The van der Waals surface area contributed by atoms with Crippen molar-refractivity contribution in [1.29, 1.82) is 5.26 Å². The minimum atomic E-state index is -4.32. The van der Waals surface area contributed by atoms with Crippen LogP contribution in [0.25, 0.3) is 0 Å². The van der Waals surface area contributed by atoms with Gasteiger partial charge in [0.25, 0.3) is 5.91 Å². The molecule has 1 rings (SSSR count). The molecule has 0 spiro atoms. The lowest BCUT2D eigenvalue weighted by atomic mass is 10.2. The molecule has 1 unspecified atom stereocenters. The average molecular weight is 293 g/mol. The molecule has 5 nitrogen and oxygen atoms in total. The quantitative estimate of drug-likeness (QED) is 0.759. The molecule has 0 N–H and O–H groups in total. The smallest absolute Gasteiger partial charge is 0.366 e. The van der Waals surface area contributed by atoms with Crippen molar-refractivity contribution >= 4 is 5.91 Å². The van der Waals surface area contributed by atoms with Crippen LogP contribution in [0.4, 0.5) is 13.2 Å². The van der Waals surface area contributed by atoms with Crippen LogP contribution >= 0.6 is 0 Å². The van der Waals surface area contributed by atoms with Crippen molar-refractivity contribution in [2.24, 2.45) is 0 Å². The number of halogens is 3. The van der Waals surface area contributed by atoms with Gasteiger partial charge in [0.15, 0.2) is 0 Å². The molecular weight excluding hydrogens is 275 g/mol. The third-order valence-corrected chi connectivity index (χ3v) is 3.02. The lowest BCUT2D eigenvalue weighted by molar-refractivity contribution is -0.156. The Morgan fingerprint density at radius 2 is 2.20 bits per heavy atom. The van der Waals surface area contributed by atoms with E-state index in [2.05, 4.69) is 0 Å². The van der Waals surface area contributed by atoms with E-state index >= 15 is 0 Å². The Balaban J connectivity index is 2.61. The summed E-state index contributed by atoms with van der Waals surface area (Å²) in [6, 6.07) is 1.84. The van der Waals surface area contributed by atoms with Crippen molar-refractivity contribution in [1.82, 2.24) is 9.80 Å². The summed E-state index contributed by atoms with van der Waals surface area (Å²) >= 11 is 0. The van der Waals surface area contributed by atoms with Crippen molar-refractivity contribution in [3.05, 3.63) is 0 Å². The van der Waals surface area contributed by atoms with Crippen LogP contribution < -0.4 is 0 Å². The van der Waals surface area contributed by atoms with Gasteiger partial charge in [-0.15, -0.1) is 0 Å². The first-order valence-corrected chi connectivity index (χ1v) is 6.36. The molecule has 20 heavy (non-hydrogen) atoms. The van der Waals surface area contributed by atoms with Crippen LogP contribution in [-0.2, 0) is 9.53 Å². The first-order chi connectivity index (χ1) is 9.33. The summed E-state index contributed by atoms with van der Waals surface area (Å²) in [6.45, 7) is 0.972. The lowest BCUT2D eigenvalue weighted by Gasteiger charge is -2.33. The number of likely N-dealkylation sites (N-methyl/N-ethyl adjacent to an activating group) is 1. The minimum Gasteiger partial charge on any atom is -0.366 e. The van der Waals surface area contributed by atoms with Crippen molar-refractivity contribution in [3.63, 3.8) is 0 Å². The van der Waals surface area contributed by atoms with Crippen LogP contribution in [-0.4, -0.2) is 67.8 Å². The summed E-state index contributed by atoms with van der Waals surface area (Å²) in [5.74, 6) is -0.476. The van der Waals surface area contributed by atoms with Gasteiger partial charge in [-0.3, -0.25) is 4.79 Å². The SMILES string of the molecule is CN1CCOC(C(=O)N(CCC#N)CCC(F)(F)F)C1. The Hall–Kier alpha value is -1.33. The molecule has 114 valence electrons. The minimum absolute atomic E-state index is 0.00497. The first kappa shape index (κ1) is 16.7. The normalized spacial score (nSPS) is 20.4. The van der Waals surface area contributed by atoms with Gasteiger partial charge in [-0.05, 0) is 7.05 Å². The third kappa shape index (κ3) is 5.75. The molecule has 1 atom stereocenters. The monoisotopic (exact) mass is 293 g/mol. The lowest BCUT2D eigenvalue weighted by Crippen LogP contribution is -2.50. The van der Waals surface area contributed by atoms with E-state index in [9.17, 15) is 18.0 Å². The molecule has 1 amide bonds. The summed E-state index contributed by atoms with van der Waals surface area (Å²) in [4.78, 5) is 15.1. The Labute approximate surface area is 115 Å². The fourth-order valence-corrected chi connectivity index (χ4v) is 1.91. The third-order valence-electron chi connectivity index (χ3n) is 3.02. The molecule has 0 aromatic heterocycles. The summed E-state index contributed by atoms with van der Waals surface area (Å²) in [6.07, 6.45) is -6.14. The molecule has 0 aliphatic carbocycles. The Kier molecular flexibility index (Phi) is 6.23. The van der Waals surface area contributed by atoms with Crippen LogP contribution in [0, 0.1) is 11.3 Å². The Morgan fingerprint density at radius 3 is 2.75 bits per heavy atom. The van der Waals surface area contributed by atoms with Crippen LogP contribution in [0.5, 0.6) is 0 Å². The maximum Gasteiger partial charge on any atom is 0.390 e. The predicted octanol–water partition coefficient (Wildman–Crippen LogP) is 1.01. The van der Waals surface area contributed by atoms with Crippen LogP contribution in [0.1, 0.15) is 12.8 Å². The second-order valence-electron chi connectivity index (χ2n) is 4.72. The van der Waals surface area contributed by atoms with Crippen molar-refractivity contribution in [3.8, 4) is 6.07 Å². The van der Waals surface area contributed by atoms with Crippen LogP contribution in [0.2, 0.25) is 0 Å². The standard InChI is InChI=1S/C12H18F3N3O2/c1-17-7-8-20-10(9-17)11(19)18(5-2-4-16)6-3-12(13,14)15/h10H,2-3,5-9H2,1H3. The molecule has 0 bridgehead atoms. The molecule has 8 heteroatoms. The molecule has 1 heterocycles. The summed E-state index contributed by atoms with van der Waals surface area (Å²) in [7, 11) is 1.82. The number of carbonyl (C=O) groups excluding carboxylic acids is 1. The number of carbonyl (C=O) groups is 1. The van der Waals surface area contributed by atoms with Crippen LogP contribution in [0.3, 0.4) is 0 Å². The highest BCUT2D eigenvalue weighted by atomic mass is 19.4. The molecule has 0 saturated carbocycles. The van der Waals surface area contributed by atoms with Gasteiger partial charge in [0.1, 0.15) is 6.10 Å². The van der Waals surface area contributed by atoms with Crippen molar-refractivity contribution < 1.29 is 22.7 Å². The molecule has 0 radical (unpaired) electrons. The second kappa shape index (κ2) is 7.45. The average Bonchev–Trinajstić information content (AvgIpc) is 2.37. The number of amides is 1. The molecule has 1 aliphatic heterocycles. The van der Waals surface area contributed by atoms with Crippen LogP contribution in [0.15, 0.2) is 0 Å². The fraction of sp³-hybridized carbons (Fsp3) is 0.833. The van der Waals surface area contributed by atoms with Gasteiger partial charge in [0, 0.05) is 26.2 Å². The highest BCUT2D eigenvalue weighted by Gasteiger charge is 2.32. The van der Waals surface area contributed by atoms with Gasteiger partial charge < -0.3 is 14.5 Å². The highest BCUT2D eigenvalue weighted by molar-refractivity contribution is 5.81. The zero-order valence-electron chi connectivity index (χ0n) is 11.3. The second-order valence-corrected chi connectivity index (χ2v) is 4.72. The van der Waals surface area contributed by atoms with Crippen molar-refractivity contribution in [2.75, 3.05) is 39.8 Å². The van der Waals surface area contributed by atoms with E-state index in [1.165, 1.54) is 0 Å². The summed E-state index contributed by atoms with van der Waals surface area (Å²) < 4.78 is 42.1. The largest absolute Gasteiger partial charge is 0.390 e. The number of hydrogen-bond acceptors (Lipinski definition) is 4. The van der Waals surface area contributed by atoms with Gasteiger partial charge >= 0.3 is 6.18 Å². The highest BCUT2D eigenvalue weighted by Crippen LogP contribution is 2.20. The number of alkyl halides is 3. The molecule has 0 aromatic carbocycles. The number of morpholine rings is 1. The molecule has 0 aromatic rings. The number of nitriles is 1. The zero-order chi connectivity index (χ0) is 15.2. The van der Waals surface area contributed by atoms with E-state index in [0.717, 1.165) is 4.90 Å². The fourth-order valence-electron chi connectivity index (χ4n) is 1.91. The van der Waals surface area contributed by atoms with E-state index < -0.39 is 31.2 Å². The number of ether oxygens (including phenoxy) is 1. The topological polar surface area (TPSA) is 56.6 Å². The van der Waals surface area contributed by atoms with Gasteiger partial charge in [0.05, 0.1) is 25.5 Å².